The van der Waals surface area contributed by atoms with Gasteiger partial charge in [0.05, 0.1) is 10.2 Å². The number of fused-ring (bicyclic) bond motifs is 1. The molecule has 4 heteroatoms. The quantitative estimate of drug-likeness (QED) is 0.852. The van der Waals surface area contributed by atoms with Gasteiger partial charge in [0.1, 0.15) is 0 Å². The highest BCUT2D eigenvalue weighted by Crippen LogP contribution is 2.31. The van der Waals surface area contributed by atoms with Crippen LogP contribution in [0, 0.1) is 5.92 Å². The second kappa shape index (κ2) is 5.29. The fraction of sp³-hybridized carbons (Fsp3) is 0.467. The number of carbonyl (C=O) groups excluding carboxylic acids is 1. The van der Waals surface area contributed by atoms with Crippen LogP contribution in [0.4, 0.5) is 5.13 Å². The summed E-state index contributed by atoms with van der Waals surface area (Å²) < 4.78 is 1.14. The molecule has 1 heterocycles. The highest BCUT2D eigenvalue weighted by atomic mass is 32.1. The van der Waals surface area contributed by atoms with Crippen molar-refractivity contribution in [1.82, 2.24) is 4.98 Å². The summed E-state index contributed by atoms with van der Waals surface area (Å²) in [7, 11) is 1.84. The Bertz CT molecular complexity index is 554. The van der Waals surface area contributed by atoms with Gasteiger partial charge in [-0.15, -0.1) is 0 Å². The van der Waals surface area contributed by atoms with E-state index in [1.165, 1.54) is 25.7 Å². The molecule has 0 atom stereocenters. The first kappa shape index (κ1) is 12.6. The van der Waals surface area contributed by atoms with Crippen LogP contribution in [0.5, 0.6) is 0 Å². The molecule has 0 N–H and O–H groups in total. The molecule has 1 amide bonds. The molecule has 1 aliphatic carbocycles. The van der Waals surface area contributed by atoms with E-state index in [4.69, 9.17) is 0 Å². The van der Waals surface area contributed by atoms with Crippen LogP contribution in [-0.2, 0) is 4.79 Å². The number of aromatic nitrogens is 1. The maximum Gasteiger partial charge on any atom is 0.228 e. The normalized spacial score (nSPS) is 16.1. The third kappa shape index (κ3) is 2.63. The van der Waals surface area contributed by atoms with E-state index < -0.39 is 0 Å². The second-order valence-electron chi connectivity index (χ2n) is 5.27. The van der Waals surface area contributed by atoms with Crippen molar-refractivity contribution in [2.75, 3.05) is 11.9 Å². The molecule has 0 aliphatic heterocycles. The van der Waals surface area contributed by atoms with Gasteiger partial charge in [-0.2, -0.15) is 0 Å². The number of hydrogen-bond acceptors (Lipinski definition) is 3. The third-order valence-electron chi connectivity index (χ3n) is 3.88. The largest absolute Gasteiger partial charge is 0.291 e. The van der Waals surface area contributed by atoms with Crippen molar-refractivity contribution in [2.45, 2.75) is 32.1 Å². The summed E-state index contributed by atoms with van der Waals surface area (Å²) >= 11 is 1.59. The highest BCUT2D eigenvalue weighted by Gasteiger charge is 2.22. The molecule has 0 radical (unpaired) electrons. The Kier molecular flexibility index (Phi) is 3.51. The molecule has 1 aromatic carbocycles. The summed E-state index contributed by atoms with van der Waals surface area (Å²) in [5.41, 5.74) is 0.975. The van der Waals surface area contributed by atoms with Crippen LogP contribution < -0.4 is 4.90 Å². The summed E-state index contributed by atoms with van der Waals surface area (Å²) in [5.74, 6) is 0.787. The van der Waals surface area contributed by atoms with E-state index in [-0.39, 0.29) is 5.91 Å². The lowest BCUT2D eigenvalue weighted by molar-refractivity contribution is -0.119. The van der Waals surface area contributed by atoms with Crippen molar-refractivity contribution in [1.29, 1.82) is 0 Å². The van der Waals surface area contributed by atoms with E-state index in [1.807, 2.05) is 31.3 Å². The number of amides is 1. The zero-order chi connectivity index (χ0) is 13.2. The van der Waals surface area contributed by atoms with Gasteiger partial charge in [0.25, 0.3) is 0 Å². The molecule has 1 aromatic heterocycles. The molecule has 0 bridgehead atoms. The summed E-state index contributed by atoms with van der Waals surface area (Å²) in [6.45, 7) is 0. The zero-order valence-corrected chi connectivity index (χ0v) is 11.9. The van der Waals surface area contributed by atoms with Gasteiger partial charge in [0, 0.05) is 13.5 Å². The van der Waals surface area contributed by atoms with Crippen molar-refractivity contribution < 1.29 is 4.79 Å². The van der Waals surface area contributed by atoms with Gasteiger partial charge >= 0.3 is 0 Å². The number of para-hydroxylation sites is 1. The van der Waals surface area contributed by atoms with E-state index in [0.29, 0.717) is 12.3 Å². The summed E-state index contributed by atoms with van der Waals surface area (Å²) in [6.07, 6.45) is 5.65. The first-order chi connectivity index (χ1) is 9.24. The standard InChI is InChI=1S/C15H18N2OS/c1-17(14(18)10-11-6-2-3-7-11)15-16-12-8-4-5-9-13(12)19-15/h4-5,8-9,11H,2-3,6-7,10H2,1H3. The molecule has 1 aliphatic rings. The topological polar surface area (TPSA) is 33.2 Å². The monoisotopic (exact) mass is 274 g/mol. The van der Waals surface area contributed by atoms with Crippen molar-refractivity contribution in [2.24, 2.45) is 5.92 Å². The molecule has 0 spiro atoms. The van der Waals surface area contributed by atoms with Gasteiger partial charge in [-0.3, -0.25) is 9.69 Å². The smallest absolute Gasteiger partial charge is 0.228 e. The van der Waals surface area contributed by atoms with Crippen LogP contribution in [0.15, 0.2) is 24.3 Å². The van der Waals surface area contributed by atoms with Crippen LogP contribution in [0.1, 0.15) is 32.1 Å². The minimum Gasteiger partial charge on any atom is -0.291 e. The molecule has 3 rings (SSSR count). The average molecular weight is 274 g/mol. The van der Waals surface area contributed by atoms with E-state index in [0.717, 1.165) is 15.3 Å². The number of benzene rings is 1. The summed E-state index contributed by atoms with van der Waals surface area (Å²) in [4.78, 5) is 18.5. The average Bonchev–Trinajstić information content (AvgIpc) is 3.05. The fourth-order valence-corrected chi connectivity index (χ4v) is 3.65. The maximum atomic E-state index is 12.3. The minimum absolute atomic E-state index is 0.200. The van der Waals surface area contributed by atoms with Crippen LogP contribution in [0.25, 0.3) is 10.2 Å². The number of rotatable bonds is 3. The Hall–Kier alpha value is -1.42. The van der Waals surface area contributed by atoms with Crippen LogP contribution in [-0.4, -0.2) is 17.9 Å². The second-order valence-corrected chi connectivity index (χ2v) is 6.28. The lowest BCUT2D eigenvalue weighted by Gasteiger charge is -2.16. The predicted octanol–water partition coefficient (Wildman–Crippen LogP) is 3.84. The third-order valence-corrected chi connectivity index (χ3v) is 4.99. The first-order valence-electron chi connectivity index (χ1n) is 6.86. The molecule has 2 aromatic rings. The molecule has 0 saturated heterocycles. The van der Waals surface area contributed by atoms with Crippen LogP contribution in [0.2, 0.25) is 0 Å². The molecule has 100 valence electrons. The van der Waals surface area contributed by atoms with E-state index in [9.17, 15) is 4.79 Å². The minimum atomic E-state index is 0.200. The van der Waals surface area contributed by atoms with Gasteiger partial charge < -0.3 is 0 Å². The Labute approximate surface area is 117 Å². The lowest BCUT2D eigenvalue weighted by atomic mass is 10.0. The summed E-state index contributed by atoms with van der Waals surface area (Å²) in [6, 6.07) is 8.02. The Morgan fingerprint density at radius 2 is 2.11 bits per heavy atom. The number of carbonyl (C=O) groups is 1. The van der Waals surface area contributed by atoms with Gasteiger partial charge in [-0.05, 0) is 30.9 Å². The van der Waals surface area contributed by atoms with Crippen molar-refractivity contribution in [3.63, 3.8) is 0 Å². The van der Waals surface area contributed by atoms with Crippen molar-refractivity contribution in [3.8, 4) is 0 Å². The van der Waals surface area contributed by atoms with Gasteiger partial charge in [-0.1, -0.05) is 36.3 Å². The Morgan fingerprint density at radius 3 is 2.84 bits per heavy atom. The summed E-state index contributed by atoms with van der Waals surface area (Å²) in [5, 5.41) is 0.809. The van der Waals surface area contributed by atoms with E-state index in [2.05, 4.69) is 4.98 Å². The molecular weight excluding hydrogens is 256 g/mol. The molecule has 1 fully saturated rings. The Morgan fingerprint density at radius 1 is 1.37 bits per heavy atom. The highest BCUT2D eigenvalue weighted by molar-refractivity contribution is 7.22. The number of hydrogen-bond donors (Lipinski definition) is 0. The Balaban J connectivity index is 1.74. The predicted molar refractivity (Wildman–Crippen MR) is 79.6 cm³/mol. The number of anilines is 1. The van der Waals surface area contributed by atoms with Crippen molar-refractivity contribution >= 4 is 32.6 Å². The molecule has 3 nitrogen and oxygen atoms in total. The maximum absolute atomic E-state index is 12.3. The van der Waals surface area contributed by atoms with E-state index >= 15 is 0 Å². The SMILES string of the molecule is CN(C(=O)CC1CCCC1)c1nc2ccccc2s1. The molecule has 0 unspecified atom stereocenters. The van der Waals surface area contributed by atoms with E-state index in [1.54, 1.807) is 16.2 Å². The fourth-order valence-electron chi connectivity index (χ4n) is 2.71. The van der Waals surface area contributed by atoms with Gasteiger partial charge in [0.15, 0.2) is 5.13 Å². The van der Waals surface area contributed by atoms with Crippen LogP contribution in [0.3, 0.4) is 0 Å². The number of nitrogens with zero attached hydrogens (tertiary/aromatic N) is 2. The van der Waals surface area contributed by atoms with Gasteiger partial charge in [0.2, 0.25) is 5.91 Å². The molecule has 1 saturated carbocycles. The molecular formula is C15H18N2OS. The van der Waals surface area contributed by atoms with Crippen LogP contribution >= 0.6 is 11.3 Å². The number of thiazole rings is 1. The van der Waals surface area contributed by atoms with Gasteiger partial charge in [-0.25, -0.2) is 4.98 Å². The first-order valence-corrected chi connectivity index (χ1v) is 7.68. The lowest BCUT2D eigenvalue weighted by Crippen LogP contribution is -2.27. The van der Waals surface area contributed by atoms with Crippen molar-refractivity contribution in [3.05, 3.63) is 24.3 Å². The molecule has 19 heavy (non-hydrogen) atoms. The zero-order valence-electron chi connectivity index (χ0n) is 11.1.